The molecule has 1 rings (SSSR count). The SMILES string of the molecule is COc1cc(C(NCCN(C)C)C(=O)O)ccc1O. The zero-order chi connectivity index (χ0) is 14.4. The smallest absolute Gasteiger partial charge is 0.325 e. The van der Waals surface area contributed by atoms with Crippen LogP contribution in [0.5, 0.6) is 11.5 Å². The van der Waals surface area contributed by atoms with E-state index in [0.29, 0.717) is 12.1 Å². The summed E-state index contributed by atoms with van der Waals surface area (Å²) >= 11 is 0. The van der Waals surface area contributed by atoms with Gasteiger partial charge in [-0.15, -0.1) is 0 Å². The Kier molecular flexibility index (Phi) is 5.59. The first-order valence-corrected chi connectivity index (χ1v) is 5.93. The molecule has 0 aliphatic rings. The number of carboxylic acid groups (broad SMARTS) is 1. The van der Waals surface area contributed by atoms with E-state index in [1.165, 1.54) is 19.2 Å². The molecule has 1 atom stereocenters. The number of nitrogens with zero attached hydrogens (tertiary/aromatic N) is 1. The van der Waals surface area contributed by atoms with Gasteiger partial charge in [-0.3, -0.25) is 10.1 Å². The van der Waals surface area contributed by atoms with Crippen LogP contribution in [0.25, 0.3) is 0 Å². The summed E-state index contributed by atoms with van der Waals surface area (Å²) in [7, 11) is 5.26. The van der Waals surface area contributed by atoms with E-state index < -0.39 is 12.0 Å². The lowest BCUT2D eigenvalue weighted by Crippen LogP contribution is -2.33. The molecular formula is C13H20N2O4. The van der Waals surface area contributed by atoms with Gasteiger partial charge in [-0.25, -0.2) is 0 Å². The normalized spacial score (nSPS) is 12.4. The average Bonchev–Trinajstić information content (AvgIpc) is 2.35. The highest BCUT2D eigenvalue weighted by Crippen LogP contribution is 2.28. The summed E-state index contributed by atoms with van der Waals surface area (Å²) in [4.78, 5) is 13.2. The Hall–Kier alpha value is -1.79. The standard InChI is InChI=1S/C13H20N2O4/c1-15(2)7-6-14-12(13(17)18)9-4-5-10(16)11(8-9)19-3/h4-5,8,12,14,16H,6-7H2,1-3H3,(H,17,18). The minimum absolute atomic E-state index is 0.0105. The summed E-state index contributed by atoms with van der Waals surface area (Å²) in [6, 6.07) is 3.70. The number of hydrogen-bond donors (Lipinski definition) is 3. The third-order valence-electron chi connectivity index (χ3n) is 2.69. The van der Waals surface area contributed by atoms with Crippen LogP contribution in [0.3, 0.4) is 0 Å². The van der Waals surface area contributed by atoms with Crippen molar-refractivity contribution in [2.75, 3.05) is 34.3 Å². The topological polar surface area (TPSA) is 82.0 Å². The summed E-state index contributed by atoms with van der Waals surface area (Å²) in [6.07, 6.45) is 0. The van der Waals surface area contributed by atoms with Crippen molar-refractivity contribution in [1.82, 2.24) is 10.2 Å². The van der Waals surface area contributed by atoms with E-state index in [4.69, 9.17) is 4.74 Å². The molecule has 3 N–H and O–H groups in total. The highest BCUT2D eigenvalue weighted by molar-refractivity contribution is 5.76. The minimum Gasteiger partial charge on any atom is -0.504 e. The number of phenols is 1. The van der Waals surface area contributed by atoms with Crippen LogP contribution < -0.4 is 10.1 Å². The number of carbonyl (C=O) groups is 1. The van der Waals surface area contributed by atoms with Gasteiger partial charge in [-0.1, -0.05) is 6.07 Å². The maximum absolute atomic E-state index is 11.3. The first kappa shape index (κ1) is 15.3. The van der Waals surface area contributed by atoms with Crippen LogP contribution >= 0.6 is 0 Å². The molecule has 0 fully saturated rings. The van der Waals surface area contributed by atoms with Crippen LogP contribution in [-0.4, -0.2) is 55.4 Å². The van der Waals surface area contributed by atoms with Crippen molar-refractivity contribution in [2.45, 2.75) is 6.04 Å². The molecule has 19 heavy (non-hydrogen) atoms. The predicted molar refractivity (Wildman–Crippen MR) is 71.6 cm³/mol. The molecule has 1 unspecified atom stereocenters. The fourth-order valence-electron chi connectivity index (χ4n) is 1.65. The van der Waals surface area contributed by atoms with Gasteiger partial charge in [-0.05, 0) is 31.8 Å². The Balaban J connectivity index is 2.84. The van der Waals surface area contributed by atoms with E-state index >= 15 is 0 Å². The van der Waals surface area contributed by atoms with Crippen molar-refractivity contribution < 1.29 is 19.7 Å². The fourth-order valence-corrected chi connectivity index (χ4v) is 1.65. The molecule has 0 amide bonds. The highest BCUT2D eigenvalue weighted by atomic mass is 16.5. The number of aromatic hydroxyl groups is 1. The third-order valence-corrected chi connectivity index (χ3v) is 2.69. The molecule has 0 saturated heterocycles. The van der Waals surface area contributed by atoms with Crippen LogP contribution in [0.15, 0.2) is 18.2 Å². The molecule has 106 valence electrons. The number of phenolic OH excluding ortho intramolecular Hbond substituents is 1. The molecule has 0 aliphatic carbocycles. The van der Waals surface area contributed by atoms with E-state index in [-0.39, 0.29) is 11.5 Å². The Bertz CT molecular complexity index is 435. The molecule has 0 bridgehead atoms. The van der Waals surface area contributed by atoms with Crippen LogP contribution in [0.1, 0.15) is 11.6 Å². The molecule has 6 nitrogen and oxygen atoms in total. The first-order valence-electron chi connectivity index (χ1n) is 5.93. The van der Waals surface area contributed by atoms with Gasteiger partial charge in [-0.2, -0.15) is 0 Å². The molecular weight excluding hydrogens is 248 g/mol. The van der Waals surface area contributed by atoms with Gasteiger partial charge in [0, 0.05) is 13.1 Å². The zero-order valence-electron chi connectivity index (χ0n) is 11.4. The van der Waals surface area contributed by atoms with Crippen LogP contribution in [0.2, 0.25) is 0 Å². The van der Waals surface area contributed by atoms with Crippen molar-refractivity contribution in [3.05, 3.63) is 23.8 Å². The van der Waals surface area contributed by atoms with Crippen LogP contribution in [0, 0.1) is 0 Å². The number of hydrogen-bond acceptors (Lipinski definition) is 5. The van der Waals surface area contributed by atoms with Gasteiger partial charge in [0.1, 0.15) is 6.04 Å². The highest BCUT2D eigenvalue weighted by Gasteiger charge is 2.20. The second-order valence-electron chi connectivity index (χ2n) is 4.46. The van der Waals surface area contributed by atoms with Gasteiger partial charge in [0.15, 0.2) is 11.5 Å². The predicted octanol–water partition coefficient (Wildman–Crippen LogP) is 0.678. The molecule has 0 saturated carbocycles. The summed E-state index contributed by atoms with van der Waals surface area (Å²) in [5.41, 5.74) is 0.543. The maximum Gasteiger partial charge on any atom is 0.325 e. The summed E-state index contributed by atoms with van der Waals surface area (Å²) in [5, 5.41) is 21.7. The van der Waals surface area contributed by atoms with E-state index in [2.05, 4.69) is 5.32 Å². The van der Waals surface area contributed by atoms with Crippen LogP contribution in [0.4, 0.5) is 0 Å². The minimum atomic E-state index is -0.966. The van der Waals surface area contributed by atoms with Crippen LogP contribution in [-0.2, 0) is 4.79 Å². The Morgan fingerprint density at radius 1 is 1.47 bits per heavy atom. The summed E-state index contributed by atoms with van der Waals surface area (Å²) in [6.45, 7) is 1.28. The number of likely N-dealkylation sites (N-methyl/N-ethyl adjacent to an activating group) is 1. The Labute approximate surface area is 112 Å². The first-order chi connectivity index (χ1) is 8.95. The Morgan fingerprint density at radius 3 is 2.68 bits per heavy atom. The van der Waals surface area contributed by atoms with Crippen molar-refractivity contribution in [2.24, 2.45) is 0 Å². The molecule has 0 radical (unpaired) electrons. The second-order valence-corrected chi connectivity index (χ2v) is 4.46. The van der Waals surface area contributed by atoms with E-state index in [0.717, 1.165) is 6.54 Å². The lowest BCUT2D eigenvalue weighted by atomic mass is 10.1. The number of methoxy groups -OCH3 is 1. The number of ether oxygens (including phenoxy) is 1. The quantitative estimate of drug-likeness (QED) is 0.674. The Morgan fingerprint density at radius 2 is 2.16 bits per heavy atom. The maximum atomic E-state index is 11.3. The average molecular weight is 268 g/mol. The van der Waals surface area contributed by atoms with Crippen molar-refractivity contribution >= 4 is 5.97 Å². The van der Waals surface area contributed by atoms with E-state index in [1.807, 2.05) is 19.0 Å². The molecule has 1 aromatic carbocycles. The van der Waals surface area contributed by atoms with Gasteiger partial charge < -0.3 is 19.8 Å². The third kappa shape index (κ3) is 4.42. The summed E-state index contributed by atoms with van der Waals surface area (Å²) < 4.78 is 4.98. The number of rotatable bonds is 7. The molecule has 6 heteroatoms. The monoisotopic (exact) mass is 268 g/mol. The number of nitrogens with one attached hydrogen (secondary N) is 1. The zero-order valence-corrected chi connectivity index (χ0v) is 11.4. The van der Waals surface area contributed by atoms with Gasteiger partial charge in [0.05, 0.1) is 7.11 Å². The van der Waals surface area contributed by atoms with Gasteiger partial charge in [0.2, 0.25) is 0 Å². The largest absolute Gasteiger partial charge is 0.504 e. The lowest BCUT2D eigenvalue weighted by Gasteiger charge is -2.17. The van der Waals surface area contributed by atoms with Crippen molar-refractivity contribution in [3.63, 3.8) is 0 Å². The number of benzene rings is 1. The van der Waals surface area contributed by atoms with E-state index in [9.17, 15) is 15.0 Å². The number of aliphatic carboxylic acids is 1. The van der Waals surface area contributed by atoms with Gasteiger partial charge >= 0.3 is 5.97 Å². The van der Waals surface area contributed by atoms with Gasteiger partial charge in [0.25, 0.3) is 0 Å². The fraction of sp³-hybridized carbons (Fsp3) is 0.462. The molecule has 0 heterocycles. The van der Waals surface area contributed by atoms with Crippen molar-refractivity contribution in [3.8, 4) is 11.5 Å². The second kappa shape index (κ2) is 6.96. The molecule has 0 aliphatic heterocycles. The number of carboxylic acids is 1. The summed E-state index contributed by atoms with van der Waals surface area (Å²) in [5.74, 6) is -0.715. The molecule has 0 spiro atoms. The lowest BCUT2D eigenvalue weighted by molar-refractivity contribution is -0.139. The molecule has 0 aromatic heterocycles. The van der Waals surface area contributed by atoms with E-state index in [1.54, 1.807) is 6.07 Å². The molecule has 1 aromatic rings. The van der Waals surface area contributed by atoms with Crippen molar-refractivity contribution in [1.29, 1.82) is 0 Å².